The molecule has 0 saturated heterocycles. The highest BCUT2D eigenvalue weighted by atomic mass is 32.2. The van der Waals surface area contributed by atoms with Gasteiger partial charge in [0.25, 0.3) is 5.69 Å². The van der Waals surface area contributed by atoms with E-state index in [2.05, 4.69) is 10.0 Å². The third-order valence-corrected chi connectivity index (χ3v) is 6.30. The number of ether oxygens (including phenoxy) is 1. The second-order valence-electron chi connectivity index (χ2n) is 7.10. The minimum Gasteiger partial charge on any atom is -0.383 e. The summed E-state index contributed by atoms with van der Waals surface area (Å²) < 4.78 is 32.3. The normalized spacial score (nSPS) is 17.7. The van der Waals surface area contributed by atoms with E-state index in [0.29, 0.717) is 5.69 Å². The van der Waals surface area contributed by atoms with Crippen LogP contribution in [0.5, 0.6) is 0 Å². The van der Waals surface area contributed by atoms with Gasteiger partial charge in [-0.2, -0.15) is 0 Å². The number of nitrogens with one attached hydrogen (secondary N) is 2. The molecule has 152 valence electrons. The average molecular weight is 400 g/mol. The zero-order valence-corrected chi connectivity index (χ0v) is 16.8. The number of sulfonamides is 1. The van der Waals surface area contributed by atoms with Crippen molar-refractivity contribution in [3.05, 3.63) is 28.3 Å². The van der Waals surface area contributed by atoms with Crippen molar-refractivity contribution in [2.45, 2.75) is 68.8 Å². The van der Waals surface area contributed by atoms with Gasteiger partial charge in [0.05, 0.1) is 16.4 Å². The molecule has 9 heteroatoms. The maximum absolute atomic E-state index is 12.5. The molecule has 0 aromatic heterocycles. The van der Waals surface area contributed by atoms with Gasteiger partial charge in [0.15, 0.2) is 0 Å². The molecule has 2 N–H and O–H groups in total. The standard InChI is InChI=1S/C18H29N3O5S/c1-14(13-26-2)20-27(24,25)16-10-11-17(18(12-16)21(22)23)19-15-8-6-4-3-5-7-9-15/h10-12,14-15,19-20H,3-9,13H2,1-2H3/t14-/m0/s1. The van der Waals surface area contributed by atoms with Gasteiger partial charge in [-0.05, 0) is 31.9 Å². The molecule has 0 heterocycles. The maximum Gasteiger partial charge on any atom is 0.293 e. The molecule has 0 spiro atoms. The summed E-state index contributed by atoms with van der Waals surface area (Å²) in [5, 5.41) is 14.8. The third-order valence-electron chi connectivity index (χ3n) is 4.71. The van der Waals surface area contributed by atoms with E-state index >= 15 is 0 Å². The van der Waals surface area contributed by atoms with Crippen LogP contribution in [0.4, 0.5) is 11.4 Å². The zero-order chi connectivity index (χ0) is 19.9. The molecular formula is C18H29N3O5S. The number of nitro benzene ring substituents is 1. The lowest BCUT2D eigenvalue weighted by atomic mass is 9.96. The minimum absolute atomic E-state index is 0.125. The van der Waals surface area contributed by atoms with Crippen LogP contribution in [0.25, 0.3) is 0 Å². The lowest BCUT2D eigenvalue weighted by molar-refractivity contribution is -0.384. The highest BCUT2D eigenvalue weighted by molar-refractivity contribution is 7.89. The van der Waals surface area contributed by atoms with Crippen LogP contribution < -0.4 is 10.0 Å². The summed E-state index contributed by atoms with van der Waals surface area (Å²) in [5.74, 6) is 0. The van der Waals surface area contributed by atoms with Gasteiger partial charge in [0, 0.05) is 25.3 Å². The van der Waals surface area contributed by atoms with Gasteiger partial charge in [0.2, 0.25) is 10.0 Å². The van der Waals surface area contributed by atoms with Gasteiger partial charge < -0.3 is 10.1 Å². The van der Waals surface area contributed by atoms with Crippen molar-refractivity contribution < 1.29 is 18.1 Å². The van der Waals surface area contributed by atoms with E-state index in [1.807, 2.05) is 0 Å². The lowest BCUT2D eigenvalue weighted by Gasteiger charge is -2.22. The van der Waals surface area contributed by atoms with Gasteiger partial charge in [-0.15, -0.1) is 0 Å². The molecular weight excluding hydrogens is 370 g/mol. The van der Waals surface area contributed by atoms with E-state index in [-0.39, 0.29) is 23.2 Å². The zero-order valence-electron chi connectivity index (χ0n) is 15.9. The Hall–Kier alpha value is -1.71. The molecule has 1 fully saturated rings. The fourth-order valence-electron chi connectivity index (χ4n) is 3.39. The molecule has 0 bridgehead atoms. The molecule has 1 saturated carbocycles. The Bertz CT molecular complexity index is 731. The second kappa shape index (κ2) is 10.0. The number of hydrogen-bond acceptors (Lipinski definition) is 6. The van der Waals surface area contributed by atoms with E-state index in [9.17, 15) is 18.5 Å². The Labute approximate surface area is 160 Å². The quantitative estimate of drug-likeness (QED) is 0.512. The third kappa shape index (κ3) is 6.44. The Morgan fingerprint density at radius 2 is 1.85 bits per heavy atom. The number of benzene rings is 1. The van der Waals surface area contributed by atoms with Crippen molar-refractivity contribution in [1.29, 1.82) is 0 Å². The second-order valence-corrected chi connectivity index (χ2v) is 8.81. The Balaban J connectivity index is 2.21. The molecule has 0 unspecified atom stereocenters. The fourth-order valence-corrected chi connectivity index (χ4v) is 4.64. The summed E-state index contributed by atoms with van der Waals surface area (Å²) in [6, 6.07) is 3.75. The first-order chi connectivity index (χ1) is 12.8. The largest absolute Gasteiger partial charge is 0.383 e. The van der Waals surface area contributed by atoms with Crippen LogP contribution in [0.2, 0.25) is 0 Å². The van der Waals surface area contributed by atoms with Crippen LogP contribution in [-0.2, 0) is 14.8 Å². The first-order valence-corrected chi connectivity index (χ1v) is 10.9. The van der Waals surface area contributed by atoms with Crippen molar-refractivity contribution in [3.63, 3.8) is 0 Å². The van der Waals surface area contributed by atoms with E-state index in [1.165, 1.54) is 38.5 Å². The van der Waals surface area contributed by atoms with Crippen LogP contribution in [0.3, 0.4) is 0 Å². The average Bonchev–Trinajstić information content (AvgIpc) is 2.56. The summed E-state index contributed by atoms with van der Waals surface area (Å²) in [6.07, 6.45) is 7.73. The van der Waals surface area contributed by atoms with Gasteiger partial charge in [-0.1, -0.05) is 32.1 Å². The van der Waals surface area contributed by atoms with Crippen LogP contribution >= 0.6 is 0 Å². The number of nitrogens with zero attached hydrogens (tertiary/aromatic N) is 1. The first kappa shape index (κ1) is 21.6. The van der Waals surface area contributed by atoms with Crippen LogP contribution in [0, 0.1) is 10.1 Å². The van der Waals surface area contributed by atoms with Crippen molar-refractivity contribution in [3.8, 4) is 0 Å². The molecule has 1 aromatic carbocycles. The SMILES string of the molecule is COC[C@H](C)NS(=O)(=O)c1ccc(NC2CCCCCCC2)c([N+](=O)[O-])c1. The number of hydrogen-bond donors (Lipinski definition) is 2. The number of rotatable bonds is 8. The predicted molar refractivity (Wildman–Crippen MR) is 104 cm³/mol. The smallest absolute Gasteiger partial charge is 0.293 e. The molecule has 0 radical (unpaired) electrons. The fraction of sp³-hybridized carbons (Fsp3) is 0.667. The van der Waals surface area contributed by atoms with Crippen molar-refractivity contribution in [1.82, 2.24) is 4.72 Å². The van der Waals surface area contributed by atoms with Gasteiger partial charge in [-0.3, -0.25) is 10.1 Å². The summed E-state index contributed by atoms with van der Waals surface area (Å²) in [7, 11) is -2.38. The highest BCUT2D eigenvalue weighted by Gasteiger charge is 2.24. The van der Waals surface area contributed by atoms with E-state index in [1.54, 1.807) is 6.92 Å². The molecule has 2 rings (SSSR count). The van der Waals surface area contributed by atoms with Gasteiger partial charge in [-0.25, -0.2) is 13.1 Å². The number of methoxy groups -OCH3 is 1. The number of nitro groups is 1. The van der Waals surface area contributed by atoms with Crippen LogP contribution in [0.15, 0.2) is 23.1 Å². The van der Waals surface area contributed by atoms with Gasteiger partial charge >= 0.3 is 0 Å². The Morgan fingerprint density at radius 1 is 1.22 bits per heavy atom. The Morgan fingerprint density at radius 3 is 2.44 bits per heavy atom. The van der Waals surface area contributed by atoms with Crippen LogP contribution in [-0.4, -0.2) is 39.1 Å². The summed E-state index contributed by atoms with van der Waals surface area (Å²) >= 11 is 0. The molecule has 8 nitrogen and oxygen atoms in total. The molecule has 1 aliphatic rings. The molecule has 1 aliphatic carbocycles. The first-order valence-electron chi connectivity index (χ1n) is 9.39. The van der Waals surface area contributed by atoms with Crippen molar-refractivity contribution in [2.24, 2.45) is 0 Å². The molecule has 1 aromatic rings. The van der Waals surface area contributed by atoms with Crippen molar-refractivity contribution >= 4 is 21.4 Å². The van der Waals surface area contributed by atoms with Crippen molar-refractivity contribution in [2.75, 3.05) is 19.0 Å². The van der Waals surface area contributed by atoms with E-state index < -0.39 is 21.0 Å². The maximum atomic E-state index is 12.5. The molecule has 0 aliphatic heterocycles. The summed E-state index contributed by atoms with van der Waals surface area (Å²) in [6.45, 7) is 1.88. The number of anilines is 1. The molecule has 1 atom stereocenters. The monoisotopic (exact) mass is 399 g/mol. The van der Waals surface area contributed by atoms with Crippen LogP contribution in [0.1, 0.15) is 51.9 Å². The summed E-state index contributed by atoms with van der Waals surface area (Å²) in [5.41, 5.74) is 0.147. The minimum atomic E-state index is -3.86. The van der Waals surface area contributed by atoms with E-state index in [4.69, 9.17) is 4.74 Å². The molecule has 0 amide bonds. The Kier molecular flexibility index (Phi) is 8.00. The topological polar surface area (TPSA) is 111 Å². The van der Waals surface area contributed by atoms with E-state index in [0.717, 1.165) is 31.7 Å². The predicted octanol–water partition coefficient (Wildman–Crippen LogP) is 3.43. The molecule has 27 heavy (non-hydrogen) atoms. The summed E-state index contributed by atoms with van der Waals surface area (Å²) in [4.78, 5) is 10.9. The highest BCUT2D eigenvalue weighted by Crippen LogP contribution is 2.30. The van der Waals surface area contributed by atoms with Gasteiger partial charge in [0.1, 0.15) is 5.69 Å². The lowest BCUT2D eigenvalue weighted by Crippen LogP contribution is -2.35.